The first-order chi connectivity index (χ1) is 16.9. The minimum absolute atomic E-state index is 0.0456. The number of carbonyl (C=O) groups is 3. The number of hydrogen-bond donors (Lipinski definition) is 2. The molecule has 3 aliphatic heterocycles. The van der Waals surface area contributed by atoms with Crippen molar-refractivity contribution in [3.05, 3.63) is 29.8 Å². The smallest absolute Gasteiger partial charge is 0.490 e. The summed E-state index contributed by atoms with van der Waals surface area (Å²) < 4.78 is 37.0. The molecule has 0 aliphatic carbocycles. The highest BCUT2D eigenvalue weighted by Gasteiger charge is 2.57. The topological polar surface area (TPSA) is 99.2 Å². The van der Waals surface area contributed by atoms with Crippen LogP contribution < -0.4 is 10.1 Å². The summed E-state index contributed by atoms with van der Waals surface area (Å²) in [5.74, 6) is -1.33. The van der Waals surface area contributed by atoms with Gasteiger partial charge in [-0.1, -0.05) is 19.4 Å². The van der Waals surface area contributed by atoms with Gasteiger partial charge in [-0.05, 0) is 44.4 Å². The first kappa shape index (κ1) is 27.8. The molecule has 3 atom stereocenters. The van der Waals surface area contributed by atoms with Gasteiger partial charge in [-0.2, -0.15) is 13.2 Å². The van der Waals surface area contributed by atoms with E-state index >= 15 is 0 Å². The molecule has 3 fully saturated rings. The van der Waals surface area contributed by atoms with E-state index in [1.165, 1.54) is 12.8 Å². The quantitative estimate of drug-likeness (QED) is 0.628. The summed E-state index contributed by atoms with van der Waals surface area (Å²) >= 11 is 0. The van der Waals surface area contributed by atoms with Gasteiger partial charge in [0, 0.05) is 49.2 Å². The van der Waals surface area contributed by atoms with Gasteiger partial charge in [0.1, 0.15) is 5.75 Å². The van der Waals surface area contributed by atoms with Gasteiger partial charge < -0.3 is 20.1 Å². The Bertz CT molecular complexity index is 963. The number of fused-ring (bicyclic) bond motifs is 2. The Morgan fingerprint density at radius 2 is 1.89 bits per heavy atom. The molecule has 0 saturated carbocycles. The van der Waals surface area contributed by atoms with Crippen LogP contribution in [0.5, 0.6) is 5.75 Å². The van der Waals surface area contributed by atoms with Gasteiger partial charge >= 0.3 is 12.1 Å². The fraction of sp³-hybridized carbons (Fsp3) is 0.640. The van der Waals surface area contributed by atoms with E-state index in [4.69, 9.17) is 14.6 Å². The Balaban J connectivity index is 0.000000454. The number of methoxy groups -OCH3 is 1. The van der Waals surface area contributed by atoms with E-state index in [0.717, 1.165) is 25.9 Å². The summed E-state index contributed by atoms with van der Waals surface area (Å²) in [6, 6.07) is 7.87. The summed E-state index contributed by atoms with van der Waals surface area (Å²) in [6.07, 6.45) is -1.06. The third kappa shape index (κ3) is 5.93. The largest absolute Gasteiger partial charge is 0.497 e. The van der Waals surface area contributed by atoms with E-state index in [1.807, 2.05) is 23.1 Å². The molecule has 3 saturated heterocycles. The number of ether oxygens (including phenoxy) is 1. The number of alkyl halides is 3. The molecule has 1 spiro atoms. The van der Waals surface area contributed by atoms with Crippen LogP contribution in [0.2, 0.25) is 0 Å². The van der Waals surface area contributed by atoms with Crippen LogP contribution in [0, 0.1) is 11.8 Å². The van der Waals surface area contributed by atoms with Gasteiger partial charge in [0.15, 0.2) is 0 Å². The molecular formula is C25H34F3N3O5. The molecule has 200 valence electrons. The maximum atomic E-state index is 13.0. The van der Waals surface area contributed by atoms with Crippen LogP contribution in [-0.4, -0.2) is 83.7 Å². The van der Waals surface area contributed by atoms with E-state index in [0.29, 0.717) is 36.4 Å². The minimum atomic E-state index is -5.08. The number of carboxylic acid groups (broad SMARTS) is 1. The molecule has 2 amide bonds. The number of nitrogens with one attached hydrogen (secondary N) is 1. The highest BCUT2D eigenvalue weighted by atomic mass is 19.4. The maximum Gasteiger partial charge on any atom is 0.490 e. The van der Waals surface area contributed by atoms with Crippen LogP contribution in [0.1, 0.15) is 49.9 Å². The zero-order valence-corrected chi connectivity index (χ0v) is 20.8. The van der Waals surface area contributed by atoms with Crippen molar-refractivity contribution >= 4 is 17.8 Å². The van der Waals surface area contributed by atoms with Gasteiger partial charge in [-0.25, -0.2) is 4.79 Å². The zero-order chi connectivity index (χ0) is 26.7. The lowest BCUT2D eigenvalue weighted by Crippen LogP contribution is -2.56. The Labute approximate surface area is 208 Å². The van der Waals surface area contributed by atoms with E-state index in [-0.39, 0.29) is 23.3 Å². The average molecular weight is 514 g/mol. The predicted molar refractivity (Wildman–Crippen MR) is 126 cm³/mol. The number of amides is 2. The molecule has 4 rings (SSSR count). The van der Waals surface area contributed by atoms with Crippen molar-refractivity contribution in [2.75, 3.05) is 33.3 Å². The normalized spacial score (nSPS) is 23.9. The van der Waals surface area contributed by atoms with E-state index in [9.17, 15) is 22.8 Å². The molecule has 0 radical (unpaired) electrons. The molecular weight excluding hydrogens is 479 g/mol. The lowest BCUT2D eigenvalue weighted by atomic mass is 9.75. The van der Waals surface area contributed by atoms with Crippen LogP contribution in [0.15, 0.2) is 24.3 Å². The van der Waals surface area contributed by atoms with Crippen LogP contribution in [0.4, 0.5) is 13.2 Å². The van der Waals surface area contributed by atoms with Crippen LogP contribution in [-0.2, 0) is 9.59 Å². The molecule has 0 aromatic heterocycles. The van der Waals surface area contributed by atoms with Crippen molar-refractivity contribution in [1.82, 2.24) is 15.1 Å². The Morgan fingerprint density at radius 3 is 2.44 bits per heavy atom. The second-order valence-corrected chi connectivity index (χ2v) is 9.78. The zero-order valence-electron chi connectivity index (χ0n) is 20.8. The lowest BCUT2D eigenvalue weighted by molar-refractivity contribution is -0.192. The summed E-state index contributed by atoms with van der Waals surface area (Å²) in [5.41, 5.74) is 0.516. The standard InChI is InChI=1S/C23H33N3O3.C2HF3O2/c1-4-6-16(2)26-14-19-20(15-26)23(24-21(19)27)9-11-25(12-10-23)22(28)17-7-5-8-18(13-17)29-3;3-2(4,5)1(6)7/h5,7-8,13,16,19-20H,4,6,9-12,14-15H2,1-3H3,(H,24,27);(H,6,7)/t16?,19-,20+;/m1./s1. The molecule has 8 nitrogen and oxygen atoms in total. The predicted octanol–water partition coefficient (Wildman–Crippen LogP) is 3.17. The number of halogens is 3. The molecule has 3 aliphatic rings. The minimum Gasteiger partial charge on any atom is -0.497 e. The lowest BCUT2D eigenvalue weighted by Gasteiger charge is -2.43. The number of hydrogen-bond acceptors (Lipinski definition) is 5. The Kier molecular flexibility index (Phi) is 8.53. The summed E-state index contributed by atoms with van der Waals surface area (Å²) in [5, 5.41) is 10.5. The van der Waals surface area contributed by atoms with Crippen molar-refractivity contribution < 1.29 is 37.4 Å². The molecule has 36 heavy (non-hydrogen) atoms. The van der Waals surface area contributed by atoms with Gasteiger partial charge in [0.2, 0.25) is 5.91 Å². The highest BCUT2D eigenvalue weighted by Crippen LogP contribution is 2.44. The second kappa shape index (κ2) is 11.1. The molecule has 1 aromatic rings. The number of aliphatic carboxylic acids is 1. The number of piperidine rings is 1. The number of nitrogens with zero attached hydrogens (tertiary/aromatic N) is 2. The highest BCUT2D eigenvalue weighted by molar-refractivity contribution is 5.94. The molecule has 0 bridgehead atoms. The number of likely N-dealkylation sites (tertiary alicyclic amines) is 2. The fourth-order valence-electron chi connectivity index (χ4n) is 5.59. The van der Waals surface area contributed by atoms with E-state index in [1.54, 1.807) is 13.2 Å². The van der Waals surface area contributed by atoms with Crippen molar-refractivity contribution in [2.24, 2.45) is 11.8 Å². The van der Waals surface area contributed by atoms with Crippen LogP contribution in [0.25, 0.3) is 0 Å². The second-order valence-electron chi connectivity index (χ2n) is 9.78. The number of benzene rings is 1. The van der Waals surface area contributed by atoms with Crippen molar-refractivity contribution in [3.63, 3.8) is 0 Å². The monoisotopic (exact) mass is 513 g/mol. The Hall–Kier alpha value is -2.82. The maximum absolute atomic E-state index is 13.0. The first-order valence-corrected chi connectivity index (χ1v) is 12.2. The summed E-state index contributed by atoms with van der Waals surface area (Å²) in [7, 11) is 1.61. The van der Waals surface area contributed by atoms with Crippen LogP contribution >= 0.6 is 0 Å². The SMILES string of the molecule is CCCC(C)N1C[C@H]2C(=O)NC3(CCN(C(=O)c4cccc(OC)c4)CC3)[C@H]2C1.O=C(O)C(F)(F)F. The molecule has 2 N–H and O–H groups in total. The third-order valence-corrected chi connectivity index (χ3v) is 7.60. The van der Waals surface area contributed by atoms with E-state index in [2.05, 4.69) is 24.1 Å². The molecule has 1 aromatic carbocycles. The van der Waals surface area contributed by atoms with Gasteiger partial charge in [-0.15, -0.1) is 0 Å². The van der Waals surface area contributed by atoms with Crippen molar-refractivity contribution in [3.8, 4) is 5.75 Å². The van der Waals surface area contributed by atoms with Gasteiger partial charge in [-0.3, -0.25) is 14.5 Å². The average Bonchev–Trinajstić information content (AvgIpc) is 3.39. The van der Waals surface area contributed by atoms with Crippen molar-refractivity contribution in [2.45, 2.75) is 57.3 Å². The first-order valence-electron chi connectivity index (χ1n) is 12.2. The Morgan fingerprint density at radius 1 is 1.25 bits per heavy atom. The van der Waals surface area contributed by atoms with Gasteiger partial charge in [0.05, 0.1) is 13.0 Å². The molecule has 11 heteroatoms. The summed E-state index contributed by atoms with van der Waals surface area (Å²) in [4.78, 5) is 39.0. The van der Waals surface area contributed by atoms with Gasteiger partial charge in [0.25, 0.3) is 5.91 Å². The third-order valence-electron chi connectivity index (χ3n) is 7.60. The van der Waals surface area contributed by atoms with Crippen LogP contribution in [0.3, 0.4) is 0 Å². The fourth-order valence-corrected chi connectivity index (χ4v) is 5.59. The molecule has 1 unspecified atom stereocenters. The number of carboxylic acids is 1. The number of carbonyl (C=O) groups excluding carboxylic acids is 2. The number of rotatable bonds is 5. The van der Waals surface area contributed by atoms with E-state index < -0.39 is 12.1 Å². The summed E-state index contributed by atoms with van der Waals surface area (Å²) in [6.45, 7) is 7.75. The molecule has 3 heterocycles. The van der Waals surface area contributed by atoms with Crippen molar-refractivity contribution in [1.29, 1.82) is 0 Å².